The van der Waals surface area contributed by atoms with E-state index in [0.717, 1.165) is 18.6 Å². The molecule has 106 valence electrons. The van der Waals surface area contributed by atoms with E-state index < -0.39 is 7.82 Å². The molecule has 0 N–H and O–H groups in total. The van der Waals surface area contributed by atoms with Gasteiger partial charge in [-0.05, 0) is 25.5 Å². The highest BCUT2D eigenvalue weighted by Crippen LogP contribution is 2.50. The number of ether oxygens (including phenoxy) is 1. The summed E-state index contributed by atoms with van der Waals surface area (Å²) in [6.45, 7) is 4.80. The third-order valence-electron chi connectivity index (χ3n) is 2.61. The Labute approximate surface area is 113 Å². The summed E-state index contributed by atoms with van der Waals surface area (Å²) in [7, 11) is -3.53. The van der Waals surface area contributed by atoms with Crippen LogP contribution < -0.4 is 4.52 Å². The van der Waals surface area contributed by atoms with Crippen LogP contribution in [0.2, 0.25) is 0 Å². The highest BCUT2D eigenvalue weighted by molar-refractivity contribution is 7.48. The first-order valence-electron chi connectivity index (χ1n) is 6.45. The van der Waals surface area contributed by atoms with Crippen LogP contribution in [0.5, 0.6) is 5.75 Å². The van der Waals surface area contributed by atoms with Crippen molar-refractivity contribution in [2.45, 2.75) is 26.4 Å². The number of benzene rings is 1. The Morgan fingerprint density at radius 2 is 1.89 bits per heavy atom. The number of rotatable bonds is 8. The maximum Gasteiger partial charge on any atom is 0.530 e. The van der Waals surface area contributed by atoms with E-state index in [1.54, 1.807) is 19.9 Å². The van der Waals surface area contributed by atoms with Gasteiger partial charge in [-0.1, -0.05) is 18.2 Å². The van der Waals surface area contributed by atoms with Gasteiger partial charge < -0.3 is 9.26 Å². The van der Waals surface area contributed by atoms with Crippen LogP contribution in [0.25, 0.3) is 0 Å². The Balaban J connectivity index is 2.13. The molecule has 0 radical (unpaired) electrons. The molecule has 0 aromatic heterocycles. The molecule has 1 aromatic carbocycles. The van der Waals surface area contributed by atoms with Crippen molar-refractivity contribution < 1.29 is 22.9 Å². The van der Waals surface area contributed by atoms with Gasteiger partial charge in [0.05, 0.1) is 25.9 Å². The molecule has 5 nitrogen and oxygen atoms in total. The van der Waals surface area contributed by atoms with Gasteiger partial charge in [0.15, 0.2) is 0 Å². The molecule has 0 amide bonds. The third kappa shape index (κ3) is 4.32. The zero-order valence-corrected chi connectivity index (χ0v) is 12.1. The molecule has 19 heavy (non-hydrogen) atoms. The lowest BCUT2D eigenvalue weighted by Crippen LogP contribution is -2.04. The molecule has 1 saturated heterocycles. The first-order chi connectivity index (χ1) is 9.17. The summed E-state index contributed by atoms with van der Waals surface area (Å²) in [5.74, 6) is 0.531. The number of epoxide rings is 1. The molecule has 1 aliphatic rings. The van der Waals surface area contributed by atoms with Crippen LogP contribution in [0.3, 0.4) is 0 Å². The molecular weight excluding hydrogens is 267 g/mol. The summed E-state index contributed by atoms with van der Waals surface area (Å²) in [5.41, 5.74) is 0.949. The fourth-order valence-electron chi connectivity index (χ4n) is 1.72. The molecule has 0 spiro atoms. The monoisotopic (exact) mass is 286 g/mol. The lowest BCUT2D eigenvalue weighted by atomic mass is 10.1. The van der Waals surface area contributed by atoms with Gasteiger partial charge in [0.1, 0.15) is 5.75 Å². The molecule has 2 rings (SSSR count). The van der Waals surface area contributed by atoms with E-state index >= 15 is 0 Å². The normalized spacial score (nSPS) is 18.3. The van der Waals surface area contributed by atoms with Gasteiger partial charge in [0.25, 0.3) is 0 Å². The van der Waals surface area contributed by atoms with Gasteiger partial charge in [-0.3, -0.25) is 9.05 Å². The molecule has 0 saturated carbocycles. The highest BCUT2D eigenvalue weighted by atomic mass is 31.2. The SMILES string of the molecule is CCOP(=O)(OCC)Oc1ccccc1CC1CO1. The van der Waals surface area contributed by atoms with Crippen LogP contribution in [0.1, 0.15) is 19.4 Å². The predicted molar refractivity (Wildman–Crippen MR) is 71.4 cm³/mol. The summed E-state index contributed by atoms with van der Waals surface area (Å²) >= 11 is 0. The summed E-state index contributed by atoms with van der Waals surface area (Å²) in [4.78, 5) is 0. The summed E-state index contributed by atoms with van der Waals surface area (Å²) < 4.78 is 33.3. The molecule has 0 bridgehead atoms. The quantitative estimate of drug-likeness (QED) is 0.542. The Bertz CT molecular complexity index is 448. The van der Waals surface area contributed by atoms with E-state index in [4.69, 9.17) is 18.3 Å². The van der Waals surface area contributed by atoms with Crippen molar-refractivity contribution in [1.82, 2.24) is 0 Å². The maximum atomic E-state index is 12.3. The zero-order valence-electron chi connectivity index (χ0n) is 11.2. The Hall–Kier alpha value is -0.870. The molecule has 1 aromatic rings. The van der Waals surface area contributed by atoms with Crippen molar-refractivity contribution >= 4 is 7.82 Å². The fourth-order valence-corrected chi connectivity index (χ4v) is 2.95. The van der Waals surface area contributed by atoms with Gasteiger partial charge in [0.2, 0.25) is 0 Å². The summed E-state index contributed by atoms with van der Waals surface area (Å²) in [6.07, 6.45) is 0.984. The van der Waals surface area contributed by atoms with Crippen molar-refractivity contribution in [3.05, 3.63) is 29.8 Å². The van der Waals surface area contributed by atoms with E-state index in [9.17, 15) is 4.57 Å². The van der Waals surface area contributed by atoms with Crippen molar-refractivity contribution in [2.24, 2.45) is 0 Å². The molecule has 1 atom stereocenters. The number of phosphoric acid groups is 1. The summed E-state index contributed by atoms with van der Waals surface area (Å²) in [6, 6.07) is 7.44. The molecule has 1 fully saturated rings. The van der Waals surface area contributed by atoms with Gasteiger partial charge >= 0.3 is 7.82 Å². The van der Waals surface area contributed by atoms with Crippen LogP contribution in [-0.4, -0.2) is 25.9 Å². The maximum absolute atomic E-state index is 12.3. The number of hydrogen-bond acceptors (Lipinski definition) is 5. The van der Waals surface area contributed by atoms with Crippen LogP contribution in [0.4, 0.5) is 0 Å². The van der Waals surface area contributed by atoms with Crippen molar-refractivity contribution in [3.8, 4) is 5.75 Å². The first-order valence-corrected chi connectivity index (χ1v) is 7.91. The molecule has 6 heteroatoms. The molecule has 1 heterocycles. The van der Waals surface area contributed by atoms with Crippen LogP contribution >= 0.6 is 7.82 Å². The highest BCUT2D eigenvalue weighted by Gasteiger charge is 2.30. The standard InChI is InChI=1S/C13H19O5P/c1-3-16-19(14,17-4-2)18-13-8-6-5-7-11(13)9-12-10-15-12/h5-8,12H,3-4,9-10H2,1-2H3. The Morgan fingerprint density at radius 1 is 1.26 bits per heavy atom. The first kappa shape index (κ1) is 14.5. The minimum Gasteiger partial charge on any atom is -0.404 e. The van der Waals surface area contributed by atoms with E-state index in [2.05, 4.69) is 0 Å². The second kappa shape index (κ2) is 6.53. The van der Waals surface area contributed by atoms with Gasteiger partial charge in [0, 0.05) is 6.42 Å². The minimum atomic E-state index is -3.53. The van der Waals surface area contributed by atoms with Crippen LogP contribution in [0, 0.1) is 0 Å². The lowest BCUT2D eigenvalue weighted by Gasteiger charge is -2.18. The van der Waals surface area contributed by atoms with Crippen molar-refractivity contribution in [1.29, 1.82) is 0 Å². The molecule has 0 aliphatic carbocycles. The van der Waals surface area contributed by atoms with Gasteiger partial charge in [-0.15, -0.1) is 0 Å². The van der Waals surface area contributed by atoms with Gasteiger partial charge in [-0.25, -0.2) is 4.57 Å². The van der Waals surface area contributed by atoms with Crippen molar-refractivity contribution in [2.75, 3.05) is 19.8 Å². The van der Waals surface area contributed by atoms with E-state index in [0.29, 0.717) is 5.75 Å². The lowest BCUT2D eigenvalue weighted by molar-refractivity contribution is 0.167. The average molecular weight is 286 g/mol. The second-order valence-electron chi connectivity index (χ2n) is 4.14. The average Bonchev–Trinajstić information content (AvgIpc) is 3.16. The fraction of sp³-hybridized carbons (Fsp3) is 0.538. The molecular formula is C13H19O5P. The van der Waals surface area contributed by atoms with Crippen LogP contribution in [0.15, 0.2) is 24.3 Å². The third-order valence-corrected chi connectivity index (χ3v) is 4.18. The van der Waals surface area contributed by atoms with E-state index in [1.807, 2.05) is 18.2 Å². The number of phosphoric ester groups is 1. The Morgan fingerprint density at radius 3 is 2.47 bits per heavy atom. The van der Waals surface area contributed by atoms with E-state index in [1.165, 1.54) is 0 Å². The minimum absolute atomic E-state index is 0.239. The largest absolute Gasteiger partial charge is 0.530 e. The smallest absolute Gasteiger partial charge is 0.404 e. The molecule has 1 aliphatic heterocycles. The zero-order chi connectivity index (χ0) is 13.7. The van der Waals surface area contributed by atoms with Gasteiger partial charge in [-0.2, -0.15) is 0 Å². The molecule has 1 unspecified atom stereocenters. The van der Waals surface area contributed by atoms with Crippen LogP contribution in [-0.2, 0) is 24.8 Å². The summed E-state index contributed by atoms with van der Waals surface area (Å²) in [5, 5.41) is 0. The van der Waals surface area contributed by atoms with E-state index in [-0.39, 0.29) is 19.3 Å². The second-order valence-corrected chi connectivity index (χ2v) is 5.73. The Kier molecular flexibility index (Phi) is 4.99. The topological polar surface area (TPSA) is 57.3 Å². The van der Waals surface area contributed by atoms with Crippen molar-refractivity contribution in [3.63, 3.8) is 0 Å². The number of para-hydroxylation sites is 1. The number of hydrogen-bond donors (Lipinski definition) is 0. The predicted octanol–water partition coefficient (Wildman–Crippen LogP) is 3.19.